The van der Waals surface area contributed by atoms with Crippen molar-refractivity contribution in [3.05, 3.63) is 0 Å². The molecule has 0 aromatic carbocycles. The van der Waals surface area contributed by atoms with Crippen molar-refractivity contribution >= 4 is 5.91 Å². The first-order valence-corrected chi connectivity index (χ1v) is 5.72. The first-order valence-electron chi connectivity index (χ1n) is 5.72. The molecule has 1 aliphatic rings. The summed E-state index contributed by atoms with van der Waals surface area (Å²) in [5.41, 5.74) is 5.39. The number of nitrogens with two attached hydrogens (primary N) is 1. The van der Waals surface area contributed by atoms with Gasteiger partial charge >= 0.3 is 0 Å². The average Bonchev–Trinajstić information content (AvgIpc) is 2.91. The molecule has 0 heterocycles. The van der Waals surface area contributed by atoms with Crippen molar-refractivity contribution in [1.82, 2.24) is 9.80 Å². The third kappa shape index (κ3) is 3.47. The molecule has 0 aliphatic heterocycles. The van der Waals surface area contributed by atoms with Crippen LogP contribution in [-0.4, -0.2) is 55.0 Å². The quantitative estimate of drug-likeness (QED) is 0.689. The predicted molar refractivity (Wildman–Crippen MR) is 61.6 cm³/mol. The van der Waals surface area contributed by atoms with Crippen molar-refractivity contribution in [2.45, 2.75) is 31.7 Å². The molecule has 0 saturated heterocycles. The zero-order chi connectivity index (χ0) is 11.5. The Labute approximate surface area is 92.4 Å². The van der Waals surface area contributed by atoms with Crippen LogP contribution in [0.4, 0.5) is 0 Å². The molecule has 0 atom stereocenters. The van der Waals surface area contributed by atoms with Gasteiger partial charge in [-0.05, 0) is 46.8 Å². The summed E-state index contributed by atoms with van der Waals surface area (Å²) in [6.07, 6.45) is 2.73. The SMILES string of the molecule is CCN(CCCN(C)C)C(=O)C1(N)CC1. The molecule has 2 N–H and O–H groups in total. The van der Waals surface area contributed by atoms with Crippen molar-refractivity contribution in [3.8, 4) is 0 Å². The molecule has 0 bridgehead atoms. The van der Waals surface area contributed by atoms with E-state index in [9.17, 15) is 4.79 Å². The lowest BCUT2D eigenvalue weighted by Gasteiger charge is -2.24. The lowest BCUT2D eigenvalue weighted by molar-refractivity contribution is -0.133. The van der Waals surface area contributed by atoms with Gasteiger partial charge in [0.2, 0.25) is 5.91 Å². The fraction of sp³-hybridized carbons (Fsp3) is 0.909. The Morgan fingerprint density at radius 1 is 1.33 bits per heavy atom. The van der Waals surface area contributed by atoms with Gasteiger partial charge < -0.3 is 15.5 Å². The largest absolute Gasteiger partial charge is 0.341 e. The van der Waals surface area contributed by atoms with E-state index >= 15 is 0 Å². The maximum atomic E-state index is 11.9. The van der Waals surface area contributed by atoms with E-state index in [0.29, 0.717) is 0 Å². The van der Waals surface area contributed by atoms with Crippen molar-refractivity contribution < 1.29 is 4.79 Å². The molecule has 4 heteroatoms. The third-order valence-electron chi connectivity index (χ3n) is 2.92. The first-order chi connectivity index (χ1) is 6.99. The molecular formula is C11H23N3O. The highest BCUT2D eigenvalue weighted by Crippen LogP contribution is 2.34. The summed E-state index contributed by atoms with van der Waals surface area (Å²) in [5.74, 6) is 0.142. The van der Waals surface area contributed by atoms with Gasteiger partial charge in [-0.15, -0.1) is 0 Å². The molecule has 0 aromatic rings. The number of hydrogen-bond acceptors (Lipinski definition) is 3. The number of amides is 1. The molecular weight excluding hydrogens is 190 g/mol. The van der Waals surface area contributed by atoms with E-state index in [1.54, 1.807) is 0 Å². The van der Waals surface area contributed by atoms with E-state index in [0.717, 1.165) is 38.9 Å². The van der Waals surface area contributed by atoms with Gasteiger partial charge in [0, 0.05) is 13.1 Å². The standard InChI is InChI=1S/C11H23N3O/c1-4-14(9-5-8-13(2)3)10(15)11(12)6-7-11/h4-9,12H2,1-3H3. The van der Waals surface area contributed by atoms with Crippen molar-refractivity contribution in [3.63, 3.8) is 0 Å². The lowest BCUT2D eigenvalue weighted by Crippen LogP contribution is -2.46. The zero-order valence-electron chi connectivity index (χ0n) is 10.1. The van der Waals surface area contributed by atoms with Crippen LogP contribution in [0, 0.1) is 0 Å². The summed E-state index contributed by atoms with van der Waals surface area (Å²) in [5, 5.41) is 0. The van der Waals surface area contributed by atoms with Crippen molar-refractivity contribution in [2.75, 3.05) is 33.7 Å². The van der Waals surface area contributed by atoms with Gasteiger partial charge in [-0.2, -0.15) is 0 Å². The molecule has 0 spiro atoms. The van der Waals surface area contributed by atoms with Gasteiger partial charge in [0.25, 0.3) is 0 Å². The number of rotatable bonds is 6. The highest BCUT2D eigenvalue weighted by molar-refractivity contribution is 5.89. The molecule has 1 aliphatic carbocycles. The number of likely N-dealkylation sites (N-methyl/N-ethyl adjacent to an activating group) is 1. The minimum atomic E-state index is -0.506. The molecule has 0 unspecified atom stereocenters. The number of carbonyl (C=O) groups excluding carboxylic acids is 1. The smallest absolute Gasteiger partial charge is 0.242 e. The monoisotopic (exact) mass is 213 g/mol. The summed E-state index contributed by atoms with van der Waals surface area (Å²) in [4.78, 5) is 15.9. The van der Waals surface area contributed by atoms with Crippen molar-refractivity contribution in [1.29, 1.82) is 0 Å². The molecule has 1 rings (SSSR count). The van der Waals surface area contributed by atoms with Gasteiger partial charge in [-0.25, -0.2) is 0 Å². The Kier molecular flexibility index (Phi) is 4.11. The Morgan fingerprint density at radius 3 is 2.33 bits per heavy atom. The van der Waals surface area contributed by atoms with Crippen LogP contribution in [-0.2, 0) is 4.79 Å². The number of nitrogens with zero attached hydrogens (tertiary/aromatic N) is 2. The number of hydrogen-bond donors (Lipinski definition) is 1. The fourth-order valence-electron chi connectivity index (χ4n) is 1.64. The van der Waals surface area contributed by atoms with Crippen LogP contribution in [0.1, 0.15) is 26.2 Å². The van der Waals surface area contributed by atoms with E-state index in [1.165, 1.54) is 0 Å². The van der Waals surface area contributed by atoms with E-state index in [4.69, 9.17) is 5.73 Å². The van der Waals surface area contributed by atoms with Crippen molar-refractivity contribution in [2.24, 2.45) is 5.73 Å². The minimum Gasteiger partial charge on any atom is -0.341 e. The van der Waals surface area contributed by atoms with E-state index in [2.05, 4.69) is 4.90 Å². The topological polar surface area (TPSA) is 49.6 Å². The second-order valence-electron chi connectivity index (χ2n) is 4.70. The van der Waals surface area contributed by atoms with Gasteiger partial charge in [0.1, 0.15) is 0 Å². The number of carbonyl (C=O) groups is 1. The van der Waals surface area contributed by atoms with Gasteiger partial charge in [0.05, 0.1) is 5.54 Å². The van der Waals surface area contributed by atoms with Crippen LogP contribution in [0.3, 0.4) is 0 Å². The molecule has 0 aromatic heterocycles. The maximum Gasteiger partial charge on any atom is 0.242 e. The molecule has 1 amide bonds. The van der Waals surface area contributed by atoms with Crippen LogP contribution in [0.5, 0.6) is 0 Å². The molecule has 0 radical (unpaired) electrons. The second-order valence-corrected chi connectivity index (χ2v) is 4.70. The van der Waals surface area contributed by atoms with Gasteiger partial charge in [0.15, 0.2) is 0 Å². The molecule has 1 fully saturated rings. The van der Waals surface area contributed by atoms with E-state index < -0.39 is 5.54 Å². The summed E-state index contributed by atoms with van der Waals surface area (Å²) >= 11 is 0. The Balaban J connectivity index is 2.32. The first kappa shape index (κ1) is 12.5. The molecule has 15 heavy (non-hydrogen) atoms. The van der Waals surface area contributed by atoms with Gasteiger partial charge in [-0.1, -0.05) is 0 Å². The van der Waals surface area contributed by atoms with Crippen LogP contribution < -0.4 is 5.73 Å². The highest BCUT2D eigenvalue weighted by Gasteiger charge is 2.47. The molecule has 1 saturated carbocycles. The van der Waals surface area contributed by atoms with Crippen LogP contribution >= 0.6 is 0 Å². The predicted octanol–water partition coefficient (Wildman–Crippen LogP) is 0.278. The third-order valence-corrected chi connectivity index (χ3v) is 2.92. The van der Waals surface area contributed by atoms with Crippen LogP contribution in [0.25, 0.3) is 0 Å². The van der Waals surface area contributed by atoms with E-state index in [1.807, 2.05) is 25.9 Å². The molecule has 4 nitrogen and oxygen atoms in total. The maximum absolute atomic E-state index is 11.9. The second kappa shape index (κ2) is 4.94. The van der Waals surface area contributed by atoms with E-state index in [-0.39, 0.29) is 5.91 Å². The Bertz CT molecular complexity index is 224. The normalized spacial score (nSPS) is 17.9. The fourth-order valence-corrected chi connectivity index (χ4v) is 1.64. The van der Waals surface area contributed by atoms with Gasteiger partial charge in [-0.3, -0.25) is 4.79 Å². The Hall–Kier alpha value is -0.610. The zero-order valence-corrected chi connectivity index (χ0v) is 10.1. The summed E-state index contributed by atoms with van der Waals surface area (Å²) in [7, 11) is 4.09. The summed E-state index contributed by atoms with van der Waals surface area (Å²) in [6.45, 7) is 4.62. The minimum absolute atomic E-state index is 0.142. The molecule has 88 valence electrons. The average molecular weight is 213 g/mol. The highest BCUT2D eigenvalue weighted by atomic mass is 16.2. The van der Waals surface area contributed by atoms with Crippen LogP contribution in [0.15, 0.2) is 0 Å². The van der Waals surface area contributed by atoms with Crippen LogP contribution in [0.2, 0.25) is 0 Å². The lowest BCUT2D eigenvalue weighted by atomic mass is 10.2. The summed E-state index contributed by atoms with van der Waals surface area (Å²) < 4.78 is 0. The Morgan fingerprint density at radius 2 is 1.93 bits per heavy atom. The summed E-state index contributed by atoms with van der Waals surface area (Å²) in [6, 6.07) is 0.